The normalized spacial score (nSPS) is 11.6. The molecule has 4 aromatic rings. The average molecular weight is 419 g/mol. The van der Waals surface area contributed by atoms with Gasteiger partial charge in [0.15, 0.2) is 0 Å². The number of carbonyl (C=O) groups is 2. The van der Waals surface area contributed by atoms with Crippen LogP contribution in [0.25, 0.3) is 21.9 Å². The maximum atomic E-state index is 12.5. The summed E-state index contributed by atoms with van der Waals surface area (Å²) >= 11 is 0. The Labute approximate surface area is 177 Å². The maximum Gasteiger partial charge on any atom is 0.274 e. The average Bonchev–Trinajstić information content (AvgIpc) is 3.34. The number of hydrogen-bond donors (Lipinski definition) is 2. The van der Waals surface area contributed by atoms with E-state index in [4.69, 9.17) is 13.6 Å². The van der Waals surface area contributed by atoms with Crippen LogP contribution in [-0.4, -0.2) is 24.6 Å². The van der Waals surface area contributed by atoms with Crippen molar-refractivity contribution < 1.29 is 23.2 Å². The molecular formula is C23H21N3O5. The summed E-state index contributed by atoms with van der Waals surface area (Å²) in [6.45, 7) is 3.34. The van der Waals surface area contributed by atoms with Gasteiger partial charge in [0, 0.05) is 22.6 Å². The van der Waals surface area contributed by atoms with Crippen LogP contribution in [0.15, 0.2) is 62.7 Å². The van der Waals surface area contributed by atoms with Crippen LogP contribution in [0.4, 0.5) is 5.69 Å². The van der Waals surface area contributed by atoms with Crippen LogP contribution in [0.5, 0.6) is 5.75 Å². The minimum absolute atomic E-state index is 0.00797. The smallest absolute Gasteiger partial charge is 0.274 e. The number of hydrogen-bond acceptors (Lipinski definition) is 6. The fraction of sp³-hybridized carbons (Fsp3) is 0.174. The van der Waals surface area contributed by atoms with Crippen LogP contribution in [0.1, 0.15) is 29.5 Å². The summed E-state index contributed by atoms with van der Waals surface area (Å²) in [6.07, 6.45) is 1.42. The van der Waals surface area contributed by atoms with E-state index >= 15 is 0 Å². The van der Waals surface area contributed by atoms with Gasteiger partial charge in [0.1, 0.15) is 22.7 Å². The fourth-order valence-electron chi connectivity index (χ4n) is 3.31. The first-order valence-corrected chi connectivity index (χ1v) is 9.63. The Morgan fingerprint density at radius 3 is 2.65 bits per heavy atom. The topological polar surface area (TPSA) is 106 Å². The predicted molar refractivity (Wildman–Crippen MR) is 118 cm³/mol. The number of furan rings is 2. The molecule has 0 radical (unpaired) electrons. The third-order valence-electron chi connectivity index (χ3n) is 4.84. The van der Waals surface area contributed by atoms with Gasteiger partial charge in [0.2, 0.25) is 5.91 Å². The van der Waals surface area contributed by atoms with Crippen LogP contribution >= 0.6 is 0 Å². The number of nitrogens with one attached hydrogen (secondary N) is 2. The quantitative estimate of drug-likeness (QED) is 0.350. The van der Waals surface area contributed by atoms with Crippen molar-refractivity contribution in [2.75, 3.05) is 12.4 Å². The zero-order chi connectivity index (χ0) is 22.0. The van der Waals surface area contributed by atoms with Gasteiger partial charge < -0.3 is 18.9 Å². The molecule has 2 heterocycles. The molecule has 0 unspecified atom stereocenters. The van der Waals surface area contributed by atoms with E-state index in [1.54, 1.807) is 33.1 Å². The van der Waals surface area contributed by atoms with E-state index in [2.05, 4.69) is 15.8 Å². The third-order valence-corrected chi connectivity index (χ3v) is 4.84. The Balaban J connectivity index is 1.48. The highest BCUT2D eigenvalue weighted by Gasteiger charge is 2.15. The van der Waals surface area contributed by atoms with Gasteiger partial charge in [-0.2, -0.15) is 5.10 Å². The first-order chi connectivity index (χ1) is 15.0. The third kappa shape index (κ3) is 4.13. The minimum atomic E-state index is -0.400. The Bertz CT molecular complexity index is 1320. The van der Waals surface area contributed by atoms with Gasteiger partial charge in [-0.3, -0.25) is 9.59 Å². The number of para-hydroxylation sites is 1. The second-order valence-electron chi connectivity index (χ2n) is 7.05. The number of nitrogens with zero attached hydrogens (tertiary/aromatic N) is 1. The van der Waals surface area contributed by atoms with E-state index in [-0.39, 0.29) is 12.3 Å². The zero-order valence-electron chi connectivity index (χ0n) is 17.3. The van der Waals surface area contributed by atoms with E-state index in [0.29, 0.717) is 34.1 Å². The van der Waals surface area contributed by atoms with Crippen molar-refractivity contribution >= 4 is 45.2 Å². The van der Waals surface area contributed by atoms with Crippen molar-refractivity contribution in [1.82, 2.24) is 5.43 Å². The predicted octanol–water partition coefficient (Wildman–Crippen LogP) is 4.63. The molecule has 8 nitrogen and oxygen atoms in total. The summed E-state index contributed by atoms with van der Waals surface area (Å²) in [5.74, 6) is 0.314. The minimum Gasteiger partial charge on any atom is -0.495 e. The number of rotatable bonds is 6. The molecule has 0 spiro atoms. The Morgan fingerprint density at radius 2 is 1.90 bits per heavy atom. The van der Waals surface area contributed by atoms with Crippen molar-refractivity contribution in [3.05, 3.63) is 60.1 Å². The standard InChI is InChI=1S/C23H21N3O5/c1-13(25-26-23(28)15-8-9-30-14(15)2)10-22(27)24-18-12-20-17(11-21(18)29-3)16-6-4-5-7-19(16)31-20/h4-9,11-12H,10H2,1-3H3,(H,24,27)(H,26,28)/b25-13+. The van der Waals surface area contributed by atoms with E-state index < -0.39 is 5.91 Å². The Hall–Kier alpha value is -4.07. The van der Waals surface area contributed by atoms with E-state index in [1.165, 1.54) is 6.26 Å². The van der Waals surface area contributed by atoms with Gasteiger partial charge in [-0.25, -0.2) is 5.43 Å². The molecule has 158 valence electrons. The molecule has 0 aliphatic rings. The number of amides is 2. The van der Waals surface area contributed by atoms with Gasteiger partial charge in [-0.15, -0.1) is 0 Å². The first kappa shape index (κ1) is 20.2. The molecule has 0 atom stereocenters. The number of carbonyl (C=O) groups excluding carboxylic acids is 2. The molecule has 2 N–H and O–H groups in total. The number of fused-ring (bicyclic) bond motifs is 3. The SMILES string of the molecule is COc1cc2c(cc1NC(=O)C/C(C)=N/NC(=O)c1ccoc1C)oc1ccccc12. The molecule has 0 saturated carbocycles. The Morgan fingerprint density at radius 1 is 1.10 bits per heavy atom. The number of methoxy groups -OCH3 is 1. The largest absolute Gasteiger partial charge is 0.495 e. The first-order valence-electron chi connectivity index (χ1n) is 9.63. The molecule has 31 heavy (non-hydrogen) atoms. The fourth-order valence-corrected chi connectivity index (χ4v) is 3.31. The summed E-state index contributed by atoms with van der Waals surface area (Å²) in [5, 5.41) is 8.69. The number of anilines is 1. The molecule has 2 amide bonds. The van der Waals surface area contributed by atoms with Crippen molar-refractivity contribution in [3.63, 3.8) is 0 Å². The number of hydrazone groups is 1. The van der Waals surface area contributed by atoms with Crippen molar-refractivity contribution in [3.8, 4) is 5.75 Å². The van der Waals surface area contributed by atoms with E-state index in [0.717, 1.165) is 16.4 Å². The molecule has 0 saturated heterocycles. The van der Waals surface area contributed by atoms with Crippen LogP contribution < -0.4 is 15.5 Å². The zero-order valence-corrected chi connectivity index (χ0v) is 17.3. The highest BCUT2D eigenvalue weighted by atomic mass is 16.5. The number of ether oxygens (including phenoxy) is 1. The summed E-state index contributed by atoms with van der Waals surface area (Å²) in [5.41, 5.74) is 5.15. The molecule has 8 heteroatoms. The molecule has 0 bridgehead atoms. The molecular weight excluding hydrogens is 398 g/mol. The van der Waals surface area contributed by atoms with Crippen LogP contribution in [0.3, 0.4) is 0 Å². The summed E-state index contributed by atoms with van der Waals surface area (Å²) in [7, 11) is 1.54. The highest BCUT2D eigenvalue weighted by Crippen LogP contribution is 2.36. The second kappa shape index (κ2) is 8.35. The summed E-state index contributed by atoms with van der Waals surface area (Å²) in [6, 6.07) is 12.8. The summed E-state index contributed by atoms with van der Waals surface area (Å²) < 4.78 is 16.4. The molecule has 0 aliphatic carbocycles. The lowest BCUT2D eigenvalue weighted by atomic mass is 10.1. The van der Waals surface area contributed by atoms with Crippen LogP contribution in [0.2, 0.25) is 0 Å². The number of aryl methyl sites for hydroxylation is 1. The monoisotopic (exact) mass is 419 g/mol. The molecule has 0 fully saturated rings. The van der Waals surface area contributed by atoms with Crippen molar-refractivity contribution in [1.29, 1.82) is 0 Å². The van der Waals surface area contributed by atoms with Crippen LogP contribution in [-0.2, 0) is 4.79 Å². The molecule has 2 aromatic heterocycles. The molecule has 2 aromatic carbocycles. The van der Waals surface area contributed by atoms with Crippen molar-refractivity contribution in [2.24, 2.45) is 5.10 Å². The molecule has 0 aliphatic heterocycles. The van der Waals surface area contributed by atoms with E-state index in [1.807, 2.05) is 30.3 Å². The highest BCUT2D eigenvalue weighted by molar-refractivity contribution is 6.10. The lowest BCUT2D eigenvalue weighted by molar-refractivity contribution is -0.115. The van der Waals surface area contributed by atoms with Gasteiger partial charge in [0.25, 0.3) is 5.91 Å². The second-order valence-corrected chi connectivity index (χ2v) is 7.05. The number of benzene rings is 2. The van der Waals surface area contributed by atoms with Gasteiger partial charge in [-0.05, 0) is 32.0 Å². The summed E-state index contributed by atoms with van der Waals surface area (Å²) in [4.78, 5) is 24.6. The maximum absolute atomic E-state index is 12.5. The van der Waals surface area contributed by atoms with Gasteiger partial charge >= 0.3 is 0 Å². The Kier molecular flexibility index (Phi) is 5.44. The van der Waals surface area contributed by atoms with Crippen molar-refractivity contribution in [2.45, 2.75) is 20.3 Å². The lowest BCUT2D eigenvalue weighted by Crippen LogP contribution is -2.21. The van der Waals surface area contributed by atoms with Gasteiger partial charge in [-0.1, -0.05) is 18.2 Å². The van der Waals surface area contributed by atoms with E-state index in [9.17, 15) is 9.59 Å². The van der Waals surface area contributed by atoms with Crippen LogP contribution in [0, 0.1) is 6.92 Å². The molecule has 4 rings (SSSR count). The van der Waals surface area contributed by atoms with Gasteiger partial charge in [0.05, 0.1) is 31.0 Å². The lowest BCUT2D eigenvalue weighted by Gasteiger charge is -2.10.